The molecule has 4 nitrogen and oxygen atoms in total. The van der Waals surface area contributed by atoms with E-state index in [9.17, 15) is 8.78 Å². The van der Waals surface area contributed by atoms with Gasteiger partial charge in [-0.15, -0.1) is 0 Å². The molecule has 0 spiro atoms. The number of aryl methyl sites for hydroxylation is 1. The standard InChI is InChI=1S/C11H12F2N4/c1-17-6-8(5-15-17)11(16-14)7-2-9(12)4-10(13)3-7/h2-6,11,16H,14H2,1H3. The summed E-state index contributed by atoms with van der Waals surface area (Å²) in [5, 5.41) is 3.99. The number of aromatic nitrogens is 2. The van der Waals surface area contributed by atoms with Crippen molar-refractivity contribution in [3.63, 3.8) is 0 Å². The normalized spacial score (nSPS) is 12.7. The number of halogens is 2. The van der Waals surface area contributed by atoms with Crippen LogP contribution in [-0.4, -0.2) is 9.78 Å². The molecule has 0 aliphatic rings. The predicted molar refractivity (Wildman–Crippen MR) is 58.7 cm³/mol. The Kier molecular flexibility index (Phi) is 3.16. The Morgan fingerprint density at radius 1 is 1.24 bits per heavy atom. The summed E-state index contributed by atoms with van der Waals surface area (Å²) in [6.07, 6.45) is 3.32. The zero-order valence-electron chi connectivity index (χ0n) is 9.19. The third kappa shape index (κ3) is 2.48. The first-order chi connectivity index (χ1) is 8.10. The predicted octanol–water partition coefficient (Wildman–Crippen LogP) is 1.25. The molecule has 2 rings (SSSR count). The lowest BCUT2D eigenvalue weighted by atomic mass is 10.0. The smallest absolute Gasteiger partial charge is 0.126 e. The van der Waals surface area contributed by atoms with Crippen LogP contribution in [0.25, 0.3) is 0 Å². The topological polar surface area (TPSA) is 55.9 Å². The molecule has 1 aromatic carbocycles. The summed E-state index contributed by atoms with van der Waals surface area (Å²) in [6, 6.07) is 2.80. The van der Waals surface area contributed by atoms with Gasteiger partial charge in [-0.3, -0.25) is 10.5 Å². The lowest BCUT2D eigenvalue weighted by Gasteiger charge is -2.14. The molecule has 0 bridgehead atoms. The highest BCUT2D eigenvalue weighted by molar-refractivity contribution is 5.29. The largest absolute Gasteiger partial charge is 0.275 e. The highest BCUT2D eigenvalue weighted by Crippen LogP contribution is 2.22. The molecule has 1 aromatic heterocycles. The van der Waals surface area contributed by atoms with Gasteiger partial charge >= 0.3 is 0 Å². The maximum Gasteiger partial charge on any atom is 0.126 e. The van der Waals surface area contributed by atoms with Gasteiger partial charge in [-0.2, -0.15) is 5.10 Å². The van der Waals surface area contributed by atoms with Crippen LogP contribution in [0.5, 0.6) is 0 Å². The first-order valence-corrected chi connectivity index (χ1v) is 5.01. The highest BCUT2D eigenvalue weighted by atomic mass is 19.1. The van der Waals surface area contributed by atoms with Gasteiger partial charge in [-0.1, -0.05) is 0 Å². The highest BCUT2D eigenvalue weighted by Gasteiger charge is 2.15. The third-order valence-corrected chi connectivity index (χ3v) is 2.44. The van der Waals surface area contributed by atoms with Crippen molar-refractivity contribution in [2.75, 3.05) is 0 Å². The monoisotopic (exact) mass is 238 g/mol. The second-order valence-electron chi connectivity index (χ2n) is 3.75. The Bertz CT molecular complexity index is 504. The zero-order valence-corrected chi connectivity index (χ0v) is 9.19. The maximum atomic E-state index is 13.1. The van der Waals surface area contributed by atoms with Crippen LogP contribution >= 0.6 is 0 Å². The molecule has 0 aliphatic carbocycles. The van der Waals surface area contributed by atoms with E-state index in [1.807, 2.05) is 0 Å². The van der Waals surface area contributed by atoms with E-state index in [1.54, 1.807) is 24.1 Å². The van der Waals surface area contributed by atoms with Crippen LogP contribution in [0.2, 0.25) is 0 Å². The SMILES string of the molecule is Cn1cc(C(NN)c2cc(F)cc(F)c2)cn1. The number of nitrogens with zero attached hydrogens (tertiary/aromatic N) is 2. The molecule has 2 aromatic rings. The second kappa shape index (κ2) is 4.60. The number of hydrazine groups is 1. The third-order valence-electron chi connectivity index (χ3n) is 2.44. The lowest BCUT2D eigenvalue weighted by Crippen LogP contribution is -2.28. The fraction of sp³-hybridized carbons (Fsp3) is 0.182. The Balaban J connectivity index is 2.41. The lowest BCUT2D eigenvalue weighted by molar-refractivity contribution is 0.566. The Hall–Kier alpha value is -1.79. The fourth-order valence-electron chi connectivity index (χ4n) is 1.72. The molecule has 1 atom stereocenters. The molecule has 0 radical (unpaired) electrons. The molecule has 0 saturated heterocycles. The summed E-state index contributed by atoms with van der Waals surface area (Å²) in [5.74, 6) is 4.14. The summed E-state index contributed by atoms with van der Waals surface area (Å²) in [5.41, 5.74) is 3.67. The van der Waals surface area contributed by atoms with E-state index in [-0.39, 0.29) is 0 Å². The van der Waals surface area contributed by atoms with Crippen molar-refractivity contribution in [3.05, 3.63) is 53.4 Å². The number of nitrogens with two attached hydrogens (primary N) is 1. The minimum Gasteiger partial charge on any atom is -0.275 e. The van der Waals surface area contributed by atoms with Crippen molar-refractivity contribution in [1.29, 1.82) is 0 Å². The van der Waals surface area contributed by atoms with Gasteiger partial charge in [-0.05, 0) is 17.7 Å². The average Bonchev–Trinajstić information content (AvgIpc) is 2.64. The Morgan fingerprint density at radius 3 is 2.35 bits per heavy atom. The van der Waals surface area contributed by atoms with Crippen molar-refractivity contribution >= 4 is 0 Å². The van der Waals surface area contributed by atoms with Crippen LogP contribution < -0.4 is 11.3 Å². The maximum absolute atomic E-state index is 13.1. The second-order valence-corrected chi connectivity index (χ2v) is 3.75. The molecule has 0 fully saturated rings. The molecule has 3 N–H and O–H groups in total. The van der Waals surface area contributed by atoms with Crippen molar-refractivity contribution in [2.24, 2.45) is 12.9 Å². The summed E-state index contributed by atoms with van der Waals surface area (Å²) in [4.78, 5) is 0. The summed E-state index contributed by atoms with van der Waals surface area (Å²) < 4.78 is 27.8. The zero-order chi connectivity index (χ0) is 12.4. The molecule has 17 heavy (non-hydrogen) atoms. The first-order valence-electron chi connectivity index (χ1n) is 5.01. The van der Waals surface area contributed by atoms with Crippen molar-refractivity contribution < 1.29 is 8.78 Å². The van der Waals surface area contributed by atoms with Crippen LogP contribution in [0.4, 0.5) is 8.78 Å². The van der Waals surface area contributed by atoms with E-state index in [2.05, 4.69) is 10.5 Å². The Labute approximate surface area is 97.0 Å². The summed E-state index contributed by atoms with van der Waals surface area (Å²) >= 11 is 0. The van der Waals surface area contributed by atoms with Gasteiger partial charge in [0.2, 0.25) is 0 Å². The van der Waals surface area contributed by atoms with Gasteiger partial charge in [0.15, 0.2) is 0 Å². The minimum atomic E-state index is -0.635. The van der Waals surface area contributed by atoms with E-state index < -0.39 is 17.7 Å². The number of rotatable bonds is 3. The molecule has 1 heterocycles. The molecule has 6 heteroatoms. The van der Waals surface area contributed by atoms with Gasteiger partial charge in [0.05, 0.1) is 12.2 Å². The summed E-state index contributed by atoms with van der Waals surface area (Å²) in [6.45, 7) is 0. The van der Waals surface area contributed by atoms with E-state index in [1.165, 1.54) is 12.1 Å². The van der Waals surface area contributed by atoms with Crippen molar-refractivity contribution in [1.82, 2.24) is 15.2 Å². The van der Waals surface area contributed by atoms with Gasteiger partial charge in [-0.25, -0.2) is 14.2 Å². The van der Waals surface area contributed by atoms with E-state index in [4.69, 9.17) is 5.84 Å². The minimum absolute atomic E-state index is 0.415. The molecule has 0 aliphatic heterocycles. The number of hydrogen-bond acceptors (Lipinski definition) is 3. The molecular weight excluding hydrogens is 226 g/mol. The summed E-state index contributed by atoms with van der Waals surface area (Å²) in [7, 11) is 1.75. The van der Waals surface area contributed by atoms with Crippen LogP contribution in [0.1, 0.15) is 17.2 Å². The van der Waals surface area contributed by atoms with Crippen molar-refractivity contribution in [2.45, 2.75) is 6.04 Å². The van der Waals surface area contributed by atoms with Gasteiger partial charge in [0.1, 0.15) is 11.6 Å². The molecule has 1 unspecified atom stereocenters. The van der Waals surface area contributed by atoms with Crippen molar-refractivity contribution in [3.8, 4) is 0 Å². The number of nitrogens with one attached hydrogen (secondary N) is 1. The van der Waals surface area contributed by atoms with Crippen LogP contribution in [-0.2, 0) is 7.05 Å². The number of benzene rings is 1. The van der Waals surface area contributed by atoms with E-state index in [0.717, 1.165) is 11.6 Å². The first kappa shape index (κ1) is 11.7. The van der Waals surface area contributed by atoms with Gasteiger partial charge in [0, 0.05) is 24.9 Å². The van der Waals surface area contributed by atoms with Gasteiger partial charge < -0.3 is 0 Å². The molecule has 90 valence electrons. The molecule has 0 saturated carbocycles. The Morgan fingerprint density at radius 2 is 1.88 bits per heavy atom. The molecular formula is C11H12F2N4. The van der Waals surface area contributed by atoms with Crippen LogP contribution in [0.3, 0.4) is 0 Å². The number of hydrogen-bond donors (Lipinski definition) is 2. The van der Waals surface area contributed by atoms with E-state index >= 15 is 0 Å². The quantitative estimate of drug-likeness (QED) is 0.625. The van der Waals surface area contributed by atoms with E-state index in [0.29, 0.717) is 5.56 Å². The fourth-order valence-corrected chi connectivity index (χ4v) is 1.72. The average molecular weight is 238 g/mol. The van der Waals surface area contributed by atoms with Crippen LogP contribution in [0, 0.1) is 11.6 Å². The van der Waals surface area contributed by atoms with Gasteiger partial charge in [0.25, 0.3) is 0 Å². The van der Waals surface area contributed by atoms with Crippen LogP contribution in [0.15, 0.2) is 30.6 Å². The molecule has 0 amide bonds.